The lowest BCUT2D eigenvalue weighted by Crippen LogP contribution is -2.28. The van der Waals surface area contributed by atoms with E-state index in [0.29, 0.717) is 17.5 Å². The van der Waals surface area contributed by atoms with Crippen molar-refractivity contribution in [2.45, 2.75) is 19.3 Å². The van der Waals surface area contributed by atoms with Crippen LogP contribution in [0.5, 0.6) is 0 Å². The van der Waals surface area contributed by atoms with Gasteiger partial charge >= 0.3 is 0 Å². The van der Waals surface area contributed by atoms with Gasteiger partial charge in [-0.05, 0) is 41.3 Å². The van der Waals surface area contributed by atoms with Crippen molar-refractivity contribution in [3.05, 3.63) is 175 Å². The zero-order valence-electron chi connectivity index (χ0n) is 29.3. The van der Waals surface area contributed by atoms with E-state index in [4.69, 9.17) is 15.0 Å². The molecule has 0 radical (unpaired) electrons. The van der Waals surface area contributed by atoms with E-state index >= 15 is 0 Å². The average molecular weight is 680 g/mol. The molecule has 0 N–H and O–H groups in total. The first-order chi connectivity index (χ1) is 26.1. The minimum Gasteiger partial charge on any atom is -0.310 e. The first-order valence-electron chi connectivity index (χ1n) is 18.1. The summed E-state index contributed by atoms with van der Waals surface area (Å²) in [6, 6.07) is 58.0. The number of para-hydroxylation sites is 2. The number of hydrogen-bond donors (Lipinski definition) is 0. The van der Waals surface area contributed by atoms with E-state index in [1.807, 2.05) is 36.4 Å². The van der Waals surface area contributed by atoms with E-state index < -0.39 is 0 Å². The summed E-state index contributed by atoms with van der Waals surface area (Å²) in [4.78, 5) is 15.1. The van der Waals surface area contributed by atoms with Crippen LogP contribution in [0.25, 0.3) is 89.0 Å². The fourth-order valence-electron chi connectivity index (χ4n) is 8.68. The lowest BCUT2D eigenvalue weighted by Gasteiger charge is -2.34. The maximum Gasteiger partial charge on any atom is 0.164 e. The van der Waals surface area contributed by atoms with Gasteiger partial charge < -0.3 is 9.13 Å². The highest BCUT2D eigenvalue weighted by Crippen LogP contribution is 2.52. The molecule has 53 heavy (non-hydrogen) atoms. The molecule has 0 saturated carbocycles. The molecule has 0 atom stereocenters. The third-order valence-electron chi connectivity index (χ3n) is 11.1. The standard InChI is InChI=1S/C48H33N5/c1-48(2)39-24-14-23-36-38-29-33(47-50-45(31-16-6-3-7-17-31)49-46(51-47)32-18-8-4-9-19-32)26-28-40(38)53(42(36)39)43-37-27-25-30-15-12-13-22-35(30)41(37)52(44(43)48)34-20-10-5-11-21-34/h3-29H,1-2H3. The van der Waals surface area contributed by atoms with Gasteiger partial charge in [0.2, 0.25) is 0 Å². The molecule has 5 nitrogen and oxygen atoms in total. The fourth-order valence-corrected chi connectivity index (χ4v) is 8.68. The summed E-state index contributed by atoms with van der Waals surface area (Å²) in [6.45, 7) is 4.77. The Hall–Kier alpha value is -6.85. The van der Waals surface area contributed by atoms with E-state index in [1.54, 1.807) is 0 Å². The van der Waals surface area contributed by atoms with E-state index in [9.17, 15) is 0 Å². The third-order valence-corrected chi connectivity index (χ3v) is 11.1. The predicted molar refractivity (Wildman–Crippen MR) is 217 cm³/mol. The molecule has 0 amide bonds. The van der Waals surface area contributed by atoms with Crippen molar-refractivity contribution in [3.63, 3.8) is 0 Å². The summed E-state index contributed by atoms with van der Waals surface area (Å²) < 4.78 is 5.05. The van der Waals surface area contributed by atoms with Crippen molar-refractivity contribution < 1.29 is 0 Å². The summed E-state index contributed by atoms with van der Waals surface area (Å²) in [7, 11) is 0. The highest BCUT2D eigenvalue weighted by atomic mass is 15.1. The SMILES string of the molecule is CC1(C)c2cccc3c4cc(-c5nc(-c6ccccc6)nc(-c6ccccc6)n5)ccc4n(c23)-c2c1n(-c1ccccc1)c1c2ccc2ccccc21. The molecule has 0 spiro atoms. The number of fused-ring (bicyclic) bond motifs is 9. The van der Waals surface area contributed by atoms with E-state index in [-0.39, 0.29) is 5.41 Å². The normalized spacial score (nSPS) is 13.2. The Labute approximate surface area is 306 Å². The Morgan fingerprint density at radius 3 is 1.74 bits per heavy atom. The van der Waals surface area contributed by atoms with Crippen LogP contribution in [0.15, 0.2) is 164 Å². The van der Waals surface area contributed by atoms with Crippen molar-refractivity contribution in [1.29, 1.82) is 0 Å². The number of benzene rings is 7. The zero-order valence-corrected chi connectivity index (χ0v) is 29.3. The van der Waals surface area contributed by atoms with Crippen LogP contribution in [-0.4, -0.2) is 24.1 Å². The van der Waals surface area contributed by atoms with Crippen LogP contribution < -0.4 is 0 Å². The predicted octanol–water partition coefficient (Wildman–Crippen LogP) is 11.7. The van der Waals surface area contributed by atoms with Gasteiger partial charge in [-0.3, -0.25) is 0 Å². The molecule has 250 valence electrons. The molecular weight excluding hydrogens is 647 g/mol. The van der Waals surface area contributed by atoms with Gasteiger partial charge in [0.1, 0.15) is 0 Å². The Morgan fingerprint density at radius 1 is 0.434 bits per heavy atom. The monoisotopic (exact) mass is 679 g/mol. The molecule has 5 heteroatoms. The van der Waals surface area contributed by atoms with Gasteiger partial charge in [-0.1, -0.05) is 147 Å². The topological polar surface area (TPSA) is 48.5 Å². The van der Waals surface area contributed by atoms with Crippen molar-refractivity contribution in [2.75, 3.05) is 0 Å². The zero-order chi connectivity index (χ0) is 35.3. The minimum atomic E-state index is -0.304. The number of nitrogens with zero attached hydrogens (tertiary/aromatic N) is 5. The van der Waals surface area contributed by atoms with E-state index in [2.05, 4.69) is 150 Å². The summed E-state index contributed by atoms with van der Waals surface area (Å²) in [5.41, 5.74) is 11.2. The molecule has 0 unspecified atom stereocenters. The molecule has 0 fully saturated rings. The van der Waals surface area contributed by atoms with Gasteiger partial charge in [-0.15, -0.1) is 0 Å². The largest absolute Gasteiger partial charge is 0.310 e. The van der Waals surface area contributed by atoms with Crippen molar-refractivity contribution >= 4 is 43.5 Å². The minimum absolute atomic E-state index is 0.304. The molecule has 3 aromatic heterocycles. The maximum absolute atomic E-state index is 5.08. The highest BCUT2D eigenvalue weighted by molar-refractivity contribution is 6.17. The first-order valence-corrected chi connectivity index (χ1v) is 18.1. The second-order valence-electron chi connectivity index (χ2n) is 14.5. The van der Waals surface area contributed by atoms with Crippen LogP contribution in [0, 0.1) is 0 Å². The molecule has 10 aromatic rings. The van der Waals surface area contributed by atoms with Crippen molar-refractivity contribution in [1.82, 2.24) is 24.1 Å². The molecular formula is C48H33N5. The van der Waals surface area contributed by atoms with Gasteiger partial charge in [0.25, 0.3) is 0 Å². The Kier molecular flexibility index (Phi) is 6.23. The number of hydrogen-bond acceptors (Lipinski definition) is 3. The summed E-state index contributed by atoms with van der Waals surface area (Å²) >= 11 is 0. The molecule has 11 rings (SSSR count). The Bertz CT molecular complexity index is 3010. The third kappa shape index (κ3) is 4.28. The Balaban J connectivity index is 1.22. The van der Waals surface area contributed by atoms with Gasteiger partial charge in [0.05, 0.1) is 27.9 Å². The average Bonchev–Trinajstić information content (AvgIpc) is 3.75. The summed E-state index contributed by atoms with van der Waals surface area (Å²) in [5.74, 6) is 1.97. The molecule has 1 aliphatic heterocycles. The maximum atomic E-state index is 5.08. The van der Waals surface area contributed by atoms with Crippen molar-refractivity contribution in [3.8, 4) is 45.5 Å². The fraction of sp³-hybridized carbons (Fsp3) is 0.0625. The van der Waals surface area contributed by atoms with Crippen LogP contribution in [-0.2, 0) is 5.41 Å². The highest BCUT2D eigenvalue weighted by Gasteiger charge is 2.40. The lowest BCUT2D eigenvalue weighted by atomic mass is 9.77. The number of rotatable bonds is 4. The van der Waals surface area contributed by atoms with Crippen LogP contribution in [0.1, 0.15) is 25.1 Å². The molecule has 7 aromatic carbocycles. The van der Waals surface area contributed by atoms with Crippen LogP contribution >= 0.6 is 0 Å². The lowest BCUT2D eigenvalue weighted by molar-refractivity contribution is 0.596. The van der Waals surface area contributed by atoms with Crippen LogP contribution in [0.4, 0.5) is 0 Å². The summed E-state index contributed by atoms with van der Waals surface area (Å²) in [5, 5.41) is 6.12. The molecule has 0 bridgehead atoms. The van der Waals surface area contributed by atoms with Crippen LogP contribution in [0.3, 0.4) is 0 Å². The quantitative estimate of drug-likeness (QED) is 0.186. The van der Waals surface area contributed by atoms with E-state index in [0.717, 1.165) is 27.9 Å². The summed E-state index contributed by atoms with van der Waals surface area (Å²) in [6.07, 6.45) is 0. The molecule has 0 aliphatic carbocycles. The molecule has 4 heterocycles. The van der Waals surface area contributed by atoms with Gasteiger partial charge in [-0.25, -0.2) is 15.0 Å². The van der Waals surface area contributed by atoms with Gasteiger partial charge in [0.15, 0.2) is 17.5 Å². The second kappa shape index (κ2) is 11.1. The van der Waals surface area contributed by atoms with Gasteiger partial charge in [0, 0.05) is 49.3 Å². The molecule has 1 aliphatic rings. The second-order valence-corrected chi connectivity index (χ2v) is 14.5. The van der Waals surface area contributed by atoms with Crippen LogP contribution in [0.2, 0.25) is 0 Å². The molecule has 0 saturated heterocycles. The number of aromatic nitrogens is 5. The van der Waals surface area contributed by atoms with E-state index in [1.165, 1.54) is 54.9 Å². The van der Waals surface area contributed by atoms with Gasteiger partial charge in [-0.2, -0.15) is 0 Å². The first kappa shape index (κ1) is 29.8. The smallest absolute Gasteiger partial charge is 0.164 e. The van der Waals surface area contributed by atoms with Crippen molar-refractivity contribution in [2.24, 2.45) is 0 Å². The Morgan fingerprint density at radius 2 is 1.04 bits per heavy atom.